The zero-order chi connectivity index (χ0) is 12.2. The second-order valence-corrected chi connectivity index (χ2v) is 6.51. The highest BCUT2D eigenvalue weighted by Crippen LogP contribution is 2.32. The summed E-state index contributed by atoms with van der Waals surface area (Å²) in [5.41, 5.74) is 0.282. The minimum absolute atomic E-state index is 0.0969. The number of ether oxygens (including phenoxy) is 1. The van der Waals surface area contributed by atoms with Gasteiger partial charge in [-0.1, -0.05) is 19.3 Å². The van der Waals surface area contributed by atoms with E-state index in [1.807, 2.05) is 0 Å². The van der Waals surface area contributed by atoms with E-state index in [0.29, 0.717) is 6.10 Å². The Bertz CT molecular complexity index is 199. The average molecular weight is 227 g/mol. The molecule has 0 unspecified atom stereocenters. The third kappa shape index (κ3) is 4.84. The molecule has 0 radical (unpaired) electrons. The van der Waals surface area contributed by atoms with Crippen LogP contribution in [0, 0.1) is 0 Å². The Labute approximate surface area is 101 Å². The molecule has 0 saturated heterocycles. The highest BCUT2D eigenvalue weighted by atomic mass is 16.5. The van der Waals surface area contributed by atoms with Gasteiger partial charge in [-0.3, -0.25) is 0 Å². The van der Waals surface area contributed by atoms with Gasteiger partial charge >= 0.3 is 0 Å². The van der Waals surface area contributed by atoms with Crippen LogP contribution in [-0.2, 0) is 4.74 Å². The highest BCUT2D eigenvalue weighted by Gasteiger charge is 2.34. The highest BCUT2D eigenvalue weighted by molar-refractivity contribution is 4.89. The van der Waals surface area contributed by atoms with Crippen molar-refractivity contribution in [1.82, 2.24) is 5.32 Å². The molecule has 96 valence electrons. The number of rotatable bonds is 4. The van der Waals surface area contributed by atoms with Crippen LogP contribution in [0.2, 0.25) is 0 Å². The first-order chi connectivity index (χ1) is 7.33. The zero-order valence-electron chi connectivity index (χ0n) is 11.7. The Morgan fingerprint density at radius 2 is 1.69 bits per heavy atom. The molecular formula is C14H29NO. The second-order valence-electron chi connectivity index (χ2n) is 6.51. The molecule has 1 fully saturated rings. The number of hydrogen-bond donors (Lipinski definition) is 1. The summed E-state index contributed by atoms with van der Waals surface area (Å²) >= 11 is 0. The quantitative estimate of drug-likeness (QED) is 0.793. The lowest BCUT2D eigenvalue weighted by Gasteiger charge is -2.41. The lowest BCUT2D eigenvalue weighted by molar-refractivity contribution is -0.101. The van der Waals surface area contributed by atoms with Gasteiger partial charge < -0.3 is 10.1 Å². The van der Waals surface area contributed by atoms with Gasteiger partial charge in [0.2, 0.25) is 0 Å². The van der Waals surface area contributed by atoms with E-state index in [4.69, 9.17) is 4.74 Å². The summed E-state index contributed by atoms with van der Waals surface area (Å²) in [6.45, 7) is 12.0. The average Bonchev–Trinajstić information content (AvgIpc) is 2.14. The van der Waals surface area contributed by atoms with Crippen LogP contribution in [0.15, 0.2) is 0 Å². The van der Waals surface area contributed by atoms with Gasteiger partial charge in [-0.05, 0) is 47.5 Å². The molecule has 0 bridgehead atoms. The lowest BCUT2D eigenvalue weighted by Crippen LogP contribution is -2.51. The van der Waals surface area contributed by atoms with Crippen molar-refractivity contribution in [3.05, 3.63) is 0 Å². The van der Waals surface area contributed by atoms with E-state index in [9.17, 15) is 0 Å². The van der Waals surface area contributed by atoms with Gasteiger partial charge in [0.05, 0.1) is 11.7 Å². The predicted molar refractivity (Wildman–Crippen MR) is 69.8 cm³/mol. The third-order valence-electron chi connectivity index (χ3n) is 3.19. The van der Waals surface area contributed by atoms with Gasteiger partial charge in [0.25, 0.3) is 0 Å². The van der Waals surface area contributed by atoms with E-state index in [1.165, 1.54) is 32.1 Å². The molecule has 0 aromatic carbocycles. The first-order valence-corrected chi connectivity index (χ1v) is 6.76. The standard InChI is InChI=1S/C14H29NO/c1-12(2)16-14(9-7-6-8-10-14)11-15-13(3,4)5/h12,15H,6-11H2,1-5H3. The third-order valence-corrected chi connectivity index (χ3v) is 3.19. The molecular weight excluding hydrogens is 198 g/mol. The summed E-state index contributed by atoms with van der Waals surface area (Å²) < 4.78 is 6.21. The van der Waals surface area contributed by atoms with Crippen LogP contribution in [0.25, 0.3) is 0 Å². The predicted octanol–water partition coefficient (Wildman–Crippen LogP) is 3.50. The molecule has 1 N–H and O–H groups in total. The maximum Gasteiger partial charge on any atom is 0.0809 e. The molecule has 0 amide bonds. The molecule has 0 aromatic heterocycles. The van der Waals surface area contributed by atoms with Crippen molar-refractivity contribution in [3.63, 3.8) is 0 Å². The van der Waals surface area contributed by atoms with Crippen molar-refractivity contribution in [2.24, 2.45) is 0 Å². The summed E-state index contributed by atoms with van der Waals surface area (Å²) in [5.74, 6) is 0. The van der Waals surface area contributed by atoms with Crippen molar-refractivity contribution in [3.8, 4) is 0 Å². The maximum absolute atomic E-state index is 6.21. The van der Waals surface area contributed by atoms with Gasteiger partial charge in [-0.25, -0.2) is 0 Å². The molecule has 0 aliphatic heterocycles. The molecule has 2 heteroatoms. The fraction of sp³-hybridized carbons (Fsp3) is 1.00. The maximum atomic E-state index is 6.21. The number of nitrogens with one attached hydrogen (secondary N) is 1. The van der Waals surface area contributed by atoms with Crippen LogP contribution >= 0.6 is 0 Å². The Morgan fingerprint density at radius 1 is 1.12 bits per heavy atom. The van der Waals surface area contributed by atoms with Crippen molar-refractivity contribution in [2.75, 3.05) is 6.54 Å². The summed E-state index contributed by atoms with van der Waals surface area (Å²) in [6.07, 6.45) is 6.78. The van der Waals surface area contributed by atoms with Crippen molar-refractivity contribution in [2.45, 2.75) is 84.0 Å². The molecule has 1 aliphatic carbocycles. The van der Waals surface area contributed by atoms with Gasteiger partial charge in [-0.2, -0.15) is 0 Å². The van der Waals surface area contributed by atoms with E-state index in [-0.39, 0.29) is 11.1 Å². The van der Waals surface area contributed by atoms with E-state index >= 15 is 0 Å². The molecule has 16 heavy (non-hydrogen) atoms. The van der Waals surface area contributed by atoms with E-state index in [2.05, 4.69) is 39.9 Å². The minimum Gasteiger partial charge on any atom is -0.371 e. The van der Waals surface area contributed by atoms with E-state index < -0.39 is 0 Å². The molecule has 0 aromatic rings. The fourth-order valence-electron chi connectivity index (χ4n) is 2.46. The molecule has 1 aliphatic rings. The van der Waals surface area contributed by atoms with Crippen LogP contribution in [0.3, 0.4) is 0 Å². The van der Waals surface area contributed by atoms with Crippen molar-refractivity contribution >= 4 is 0 Å². The molecule has 0 heterocycles. The van der Waals surface area contributed by atoms with Gasteiger partial charge in [0, 0.05) is 12.1 Å². The lowest BCUT2D eigenvalue weighted by atomic mass is 9.83. The first-order valence-electron chi connectivity index (χ1n) is 6.76. The fourth-order valence-corrected chi connectivity index (χ4v) is 2.46. The van der Waals surface area contributed by atoms with Gasteiger partial charge in [0.1, 0.15) is 0 Å². The Hall–Kier alpha value is -0.0800. The zero-order valence-corrected chi connectivity index (χ0v) is 11.7. The van der Waals surface area contributed by atoms with Crippen LogP contribution in [0.1, 0.15) is 66.7 Å². The Morgan fingerprint density at radius 3 is 2.12 bits per heavy atom. The molecule has 1 rings (SSSR count). The van der Waals surface area contributed by atoms with Crippen molar-refractivity contribution in [1.29, 1.82) is 0 Å². The Kier molecular flexibility index (Phi) is 4.81. The minimum atomic E-state index is 0.0969. The molecule has 0 spiro atoms. The van der Waals surface area contributed by atoms with Gasteiger partial charge in [-0.15, -0.1) is 0 Å². The van der Waals surface area contributed by atoms with Gasteiger partial charge in [0.15, 0.2) is 0 Å². The van der Waals surface area contributed by atoms with Crippen molar-refractivity contribution < 1.29 is 4.74 Å². The normalized spacial score (nSPS) is 21.4. The van der Waals surface area contributed by atoms with Crippen LogP contribution < -0.4 is 5.32 Å². The smallest absolute Gasteiger partial charge is 0.0809 e. The SMILES string of the molecule is CC(C)OC1(CNC(C)(C)C)CCCCC1. The Balaban J connectivity index is 2.55. The van der Waals surface area contributed by atoms with Crippen LogP contribution in [-0.4, -0.2) is 23.8 Å². The molecule has 2 nitrogen and oxygen atoms in total. The topological polar surface area (TPSA) is 21.3 Å². The summed E-state index contributed by atoms with van der Waals surface area (Å²) in [4.78, 5) is 0. The van der Waals surface area contributed by atoms with E-state index in [1.54, 1.807) is 0 Å². The largest absolute Gasteiger partial charge is 0.371 e. The summed E-state index contributed by atoms with van der Waals surface area (Å²) in [5, 5.41) is 3.61. The van der Waals surface area contributed by atoms with E-state index in [0.717, 1.165) is 6.54 Å². The van der Waals surface area contributed by atoms with Crippen LogP contribution in [0.5, 0.6) is 0 Å². The number of hydrogen-bond acceptors (Lipinski definition) is 2. The second kappa shape index (κ2) is 5.50. The molecule has 0 atom stereocenters. The molecule has 1 saturated carbocycles. The van der Waals surface area contributed by atoms with Crippen LogP contribution in [0.4, 0.5) is 0 Å². The summed E-state index contributed by atoms with van der Waals surface area (Å²) in [6, 6.07) is 0. The monoisotopic (exact) mass is 227 g/mol. The summed E-state index contributed by atoms with van der Waals surface area (Å²) in [7, 11) is 0. The first kappa shape index (κ1) is 14.0.